The second-order valence-corrected chi connectivity index (χ2v) is 7.36. The average Bonchev–Trinajstić information content (AvgIpc) is 3.14. The Morgan fingerprint density at radius 2 is 1.97 bits per heavy atom. The zero-order valence-electron chi connectivity index (χ0n) is 17.0. The van der Waals surface area contributed by atoms with Crippen molar-refractivity contribution in [3.05, 3.63) is 66.0 Å². The SMILES string of the molecule is CC(C)[C@H](COCc1ccccc1)NC(=O)c1ccc(-c2cnn(C)c2)nc1N. The second-order valence-electron chi connectivity index (χ2n) is 7.36. The largest absolute Gasteiger partial charge is 0.383 e. The van der Waals surface area contributed by atoms with Crippen LogP contribution in [0.4, 0.5) is 5.82 Å². The fourth-order valence-electron chi connectivity index (χ4n) is 2.91. The average molecular weight is 393 g/mol. The lowest BCUT2D eigenvalue weighted by Crippen LogP contribution is -2.42. The van der Waals surface area contributed by atoms with Crippen molar-refractivity contribution in [1.29, 1.82) is 0 Å². The van der Waals surface area contributed by atoms with Crippen molar-refractivity contribution < 1.29 is 9.53 Å². The van der Waals surface area contributed by atoms with Crippen LogP contribution in [-0.2, 0) is 18.4 Å². The fraction of sp³-hybridized carbons (Fsp3) is 0.318. The molecule has 0 aliphatic carbocycles. The molecular formula is C22H27N5O2. The van der Waals surface area contributed by atoms with Crippen molar-refractivity contribution in [2.24, 2.45) is 13.0 Å². The third-order valence-electron chi connectivity index (χ3n) is 4.70. The highest BCUT2D eigenvalue weighted by atomic mass is 16.5. The quantitative estimate of drug-likeness (QED) is 0.613. The van der Waals surface area contributed by atoms with Gasteiger partial charge in [0, 0.05) is 18.8 Å². The lowest BCUT2D eigenvalue weighted by atomic mass is 10.0. The third kappa shape index (κ3) is 5.42. The minimum Gasteiger partial charge on any atom is -0.383 e. The summed E-state index contributed by atoms with van der Waals surface area (Å²) in [5.74, 6) is 0.143. The number of benzene rings is 1. The van der Waals surface area contributed by atoms with Crippen LogP contribution in [-0.4, -0.2) is 33.3 Å². The van der Waals surface area contributed by atoms with E-state index in [0.29, 0.717) is 24.5 Å². The lowest BCUT2D eigenvalue weighted by Gasteiger charge is -2.22. The minimum atomic E-state index is -0.255. The second kappa shape index (κ2) is 9.34. The summed E-state index contributed by atoms with van der Waals surface area (Å²) < 4.78 is 7.51. The number of amides is 1. The number of carbonyl (C=O) groups excluding carboxylic acids is 1. The van der Waals surface area contributed by atoms with E-state index in [1.165, 1.54) is 0 Å². The van der Waals surface area contributed by atoms with E-state index in [-0.39, 0.29) is 23.7 Å². The zero-order chi connectivity index (χ0) is 20.8. The van der Waals surface area contributed by atoms with E-state index in [9.17, 15) is 4.79 Å². The maximum atomic E-state index is 12.8. The number of carbonyl (C=O) groups is 1. The summed E-state index contributed by atoms with van der Waals surface area (Å²) >= 11 is 0. The van der Waals surface area contributed by atoms with Crippen LogP contribution in [0.15, 0.2) is 54.9 Å². The molecule has 3 rings (SSSR count). The Morgan fingerprint density at radius 3 is 2.59 bits per heavy atom. The van der Waals surface area contributed by atoms with Crippen molar-refractivity contribution >= 4 is 11.7 Å². The molecule has 29 heavy (non-hydrogen) atoms. The van der Waals surface area contributed by atoms with Gasteiger partial charge in [-0.25, -0.2) is 4.98 Å². The lowest BCUT2D eigenvalue weighted by molar-refractivity contribution is 0.0724. The van der Waals surface area contributed by atoms with Gasteiger partial charge in [0.25, 0.3) is 5.91 Å². The van der Waals surface area contributed by atoms with Crippen molar-refractivity contribution in [2.45, 2.75) is 26.5 Å². The number of nitrogens with zero attached hydrogens (tertiary/aromatic N) is 3. The van der Waals surface area contributed by atoms with E-state index in [0.717, 1.165) is 11.1 Å². The molecule has 3 N–H and O–H groups in total. The Bertz CT molecular complexity index is 953. The van der Waals surface area contributed by atoms with Crippen molar-refractivity contribution in [3.8, 4) is 11.3 Å². The molecule has 3 aromatic rings. The molecule has 1 amide bonds. The van der Waals surface area contributed by atoms with E-state index < -0.39 is 0 Å². The molecule has 2 aromatic heterocycles. The van der Waals surface area contributed by atoms with E-state index >= 15 is 0 Å². The van der Waals surface area contributed by atoms with Gasteiger partial charge >= 0.3 is 0 Å². The number of nitrogens with one attached hydrogen (secondary N) is 1. The maximum Gasteiger partial charge on any atom is 0.255 e. The molecule has 0 radical (unpaired) electrons. The van der Waals surface area contributed by atoms with Gasteiger partial charge in [0.2, 0.25) is 0 Å². The number of nitrogens with two attached hydrogens (primary N) is 1. The summed E-state index contributed by atoms with van der Waals surface area (Å²) in [7, 11) is 1.83. The van der Waals surface area contributed by atoms with Gasteiger partial charge in [-0.15, -0.1) is 0 Å². The van der Waals surface area contributed by atoms with Crippen LogP contribution < -0.4 is 11.1 Å². The van der Waals surface area contributed by atoms with Crippen LogP contribution in [0.3, 0.4) is 0 Å². The molecule has 0 bridgehead atoms. The number of ether oxygens (including phenoxy) is 1. The van der Waals surface area contributed by atoms with Gasteiger partial charge in [-0.3, -0.25) is 9.48 Å². The fourth-order valence-corrected chi connectivity index (χ4v) is 2.91. The number of nitrogen functional groups attached to an aromatic ring is 1. The van der Waals surface area contributed by atoms with Gasteiger partial charge in [0.1, 0.15) is 5.82 Å². The van der Waals surface area contributed by atoms with Crippen LogP contribution in [0.2, 0.25) is 0 Å². The van der Waals surface area contributed by atoms with Gasteiger partial charge in [-0.05, 0) is 23.6 Å². The molecule has 1 aromatic carbocycles. The Labute approximate surface area is 170 Å². The highest BCUT2D eigenvalue weighted by molar-refractivity contribution is 5.98. The van der Waals surface area contributed by atoms with E-state index in [4.69, 9.17) is 10.5 Å². The molecule has 0 unspecified atom stereocenters. The normalized spacial score (nSPS) is 12.1. The van der Waals surface area contributed by atoms with Gasteiger partial charge in [0.05, 0.1) is 36.7 Å². The van der Waals surface area contributed by atoms with Crippen molar-refractivity contribution in [2.75, 3.05) is 12.3 Å². The van der Waals surface area contributed by atoms with Gasteiger partial charge in [-0.1, -0.05) is 44.2 Å². The smallest absolute Gasteiger partial charge is 0.255 e. The first-order valence-corrected chi connectivity index (χ1v) is 9.62. The van der Waals surface area contributed by atoms with E-state index in [1.807, 2.05) is 57.4 Å². The van der Waals surface area contributed by atoms with Crippen molar-refractivity contribution in [3.63, 3.8) is 0 Å². The maximum absolute atomic E-state index is 12.8. The number of aryl methyl sites for hydroxylation is 1. The zero-order valence-corrected chi connectivity index (χ0v) is 17.0. The van der Waals surface area contributed by atoms with Crippen LogP contribution in [0.25, 0.3) is 11.3 Å². The highest BCUT2D eigenvalue weighted by Gasteiger charge is 2.20. The summed E-state index contributed by atoms with van der Waals surface area (Å²) in [6.45, 7) is 5.01. The molecular weight excluding hydrogens is 366 g/mol. The number of hydrogen-bond acceptors (Lipinski definition) is 5. The molecule has 2 heterocycles. The first kappa shape index (κ1) is 20.5. The first-order chi connectivity index (χ1) is 13.9. The molecule has 0 fully saturated rings. The van der Waals surface area contributed by atoms with Crippen molar-refractivity contribution in [1.82, 2.24) is 20.1 Å². The van der Waals surface area contributed by atoms with Gasteiger partial charge in [-0.2, -0.15) is 5.10 Å². The number of pyridine rings is 1. The Hall–Kier alpha value is -3.19. The Balaban J connectivity index is 1.63. The standard InChI is InChI=1S/C22H27N5O2/c1-15(2)20(14-29-13-16-7-5-4-6-8-16)26-22(28)18-9-10-19(25-21(18)23)17-11-24-27(3)12-17/h4-12,15,20H,13-14H2,1-3H3,(H2,23,25)(H,26,28)/t20-/m0/s1. The Morgan fingerprint density at radius 1 is 1.21 bits per heavy atom. The predicted octanol–water partition coefficient (Wildman–Crippen LogP) is 3.04. The Kier molecular flexibility index (Phi) is 6.61. The molecule has 0 spiro atoms. The van der Waals surface area contributed by atoms with Gasteiger partial charge in [0.15, 0.2) is 0 Å². The van der Waals surface area contributed by atoms with Crippen LogP contribution in [0.5, 0.6) is 0 Å². The molecule has 7 nitrogen and oxygen atoms in total. The van der Waals surface area contributed by atoms with Crippen LogP contribution in [0, 0.1) is 5.92 Å². The molecule has 1 atom stereocenters. The number of aromatic nitrogens is 3. The van der Waals surface area contributed by atoms with E-state index in [1.54, 1.807) is 23.0 Å². The molecule has 0 saturated heterocycles. The summed E-state index contributed by atoms with van der Waals surface area (Å²) in [5.41, 5.74) is 9.04. The monoisotopic (exact) mass is 393 g/mol. The third-order valence-corrected chi connectivity index (χ3v) is 4.70. The summed E-state index contributed by atoms with van der Waals surface area (Å²) in [6, 6.07) is 13.3. The van der Waals surface area contributed by atoms with Gasteiger partial charge < -0.3 is 15.8 Å². The minimum absolute atomic E-state index is 0.136. The molecule has 152 valence electrons. The molecule has 0 aliphatic rings. The number of rotatable bonds is 8. The van der Waals surface area contributed by atoms with Crippen LogP contribution >= 0.6 is 0 Å². The molecule has 0 saturated carbocycles. The molecule has 7 heteroatoms. The van der Waals surface area contributed by atoms with Crippen LogP contribution in [0.1, 0.15) is 29.8 Å². The summed E-state index contributed by atoms with van der Waals surface area (Å²) in [4.78, 5) is 17.1. The summed E-state index contributed by atoms with van der Waals surface area (Å²) in [6.07, 6.45) is 3.56. The first-order valence-electron chi connectivity index (χ1n) is 9.62. The topological polar surface area (TPSA) is 95.1 Å². The number of anilines is 1. The number of hydrogen-bond donors (Lipinski definition) is 2. The predicted molar refractivity (Wildman–Crippen MR) is 113 cm³/mol. The van der Waals surface area contributed by atoms with E-state index in [2.05, 4.69) is 15.4 Å². The summed E-state index contributed by atoms with van der Waals surface area (Å²) in [5, 5.41) is 7.15. The molecule has 0 aliphatic heterocycles. The highest BCUT2D eigenvalue weighted by Crippen LogP contribution is 2.20.